The molecule has 4 rings (SSSR count). The van der Waals surface area contributed by atoms with Gasteiger partial charge in [-0.05, 0) is 24.3 Å². The number of hydrogen-bond donors (Lipinski definition) is 1. The van der Waals surface area contributed by atoms with Gasteiger partial charge in [0.15, 0.2) is 11.6 Å². The highest BCUT2D eigenvalue weighted by Gasteiger charge is 2.33. The molecule has 1 aliphatic rings. The van der Waals surface area contributed by atoms with Crippen LogP contribution in [0.25, 0.3) is 0 Å². The summed E-state index contributed by atoms with van der Waals surface area (Å²) in [4.78, 5) is 37.5. The van der Waals surface area contributed by atoms with Gasteiger partial charge in [0.2, 0.25) is 0 Å². The Labute approximate surface area is 155 Å². The molecular weight excluding hydrogens is 340 g/mol. The molecule has 0 amide bonds. The first-order valence-corrected chi connectivity index (χ1v) is 8.23. The van der Waals surface area contributed by atoms with Crippen LogP contribution in [-0.4, -0.2) is 22.6 Å². The second-order valence-electron chi connectivity index (χ2n) is 6.04. The molecule has 27 heavy (non-hydrogen) atoms. The molecule has 128 valence electrons. The second kappa shape index (κ2) is 6.40. The number of carbonyl (C=O) groups is 3. The molecule has 3 aromatic rings. The maximum Gasteiger partial charge on any atom is 0.336 e. The van der Waals surface area contributed by atoms with Crippen molar-refractivity contribution in [1.29, 1.82) is 0 Å². The molecule has 0 spiro atoms. The Bertz CT molecular complexity index is 1180. The summed E-state index contributed by atoms with van der Waals surface area (Å²) in [6.07, 6.45) is 0. The van der Waals surface area contributed by atoms with Crippen molar-refractivity contribution in [3.63, 3.8) is 0 Å². The van der Waals surface area contributed by atoms with Gasteiger partial charge < -0.3 is 5.11 Å². The molecule has 0 aliphatic heterocycles. The standard InChI is InChI=1S/C23H12O4/c24-21-16-8-4-5-9-17(16)22(25)20-15(11-10-14-6-2-1-3-7-14)18(23(26)27)12-13-19(20)21/h1-9,12-13H,(H,26,27). The van der Waals surface area contributed by atoms with E-state index < -0.39 is 5.97 Å². The van der Waals surface area contributed by atoms with E-state index in [-0.39, 0.29) is 39.4 Å². The van der Waals surface area contributed by atoms with Crippen LogP contribution in [-0.2, 0) is 0 Å². The maximum atomic E-state index is 13.0. The molecule has 0 aromatic heterocycles. The van der Waals surface area contributed by atoms with Crippen molar-refractivity contribution in [2.45, 2.75) is 0 Å². The molecule has 1 N–H and O–H groups in total. The number of benzene rings is 3. The van der Waals surface area contributed by atoms with Gasteiger partial charge in [0, 0.05) is 22.3 Å². The van der Waals surface area contributed by atoms with Crippen molar-refractivity contribution >= 4 is 17.5 Å². The lowest BCUT2D eigenvalue weighted by atomic mass is 9.80. The predicted molar refractivity (Wildman–Crippen MR) is 99.1 cm³/mol. The Morgan fingerprint density at radius 2 is 1.33 bits per heavy atom. The van der Waals surface area contributed by atoms with Crippen LogP contribution in [0.1, 0.15) is 53.3 Å². The fourth-order valence-corrected chi connectivity index (χ4v) is 3.15. The molecule has 0 unspecified atom stereocenters. The highest BCUT2D eigenvalue weighted by Crippen LogP contribution is 2.31. The van der Waals surface area contributed by atoms with Gasteiger partial charge in [-0.3, -0.25) is 9.59 Å². The van der Waals surface area contributed by atoms with E-state index in [4.69, 9.17) is 0 Å². The fraction of sp³-hybridized carbons (Fsp3) is 0. The largest absolute Gasteiger partial charge is 0.478 e. The summed E-state index contributed by atoms with van der Waals surface area (Å²) in [7, 11) is 0. The molecule has 3 aromatic carbocycles. The summed E-state index contributed by atoms with van der Waals surface area (Å²) in [5.41, 5.74) is 1.47. The number of carboxylic acid groups (broad SMARTS) is 1. The molecule has 0 fully saturated rings. The van der Waals surface area contributed by atoms with Crippen LogP contribution < -0.4 is 0 Å². The van der Waals surface area contributed by atoms with E-state index >= 15 is 0 Å². The van der Waals surface area contributed by atoms with Crippen molar-refractivity contribution in [1.82, 2.24) is 0 Å². The van der Waals surface area contributed by atoms with Gasteiger partial charge in [0.25, 0.3) is 0 Å². The first-order chi connectivity index (χ1) is 13.1. The van der Waals surface area contributed by atoms with E-state index in [1.807, 2.05) is 18.2 Å². The lowest BCUT2D eigenvalue weighted by Crippen LogP contribution is -2.23. The van der Waals surface area contributed by atoms with E-state index in [1.54, 1.807) is 36.4 Å². The van der Waals surface area contributed by atoms with Crippen LogP contribution in [0.3, 0.4) is 0 Å². The van der Waals surface area contributed by atoms with E-state index in [0.717, 1.165) is 0 Å². The molecule has 0 bridgehead atoms. The number of aromatic carboxylic acids is 1. The summed E-state index contributed by atoms with van der Waals surface area (Å²) in [6.45, 7) is 0. The van der Waals surface area contributed by atoms with Crippen molar-refractivity contribution in [3.8, 4) is 11.8 Å². The SMILES string of the molecule is O=C(O)c1ccc2c(c1C#Cc1ccccc1)C(=O)c1ccccc1C2=O. The molecule has 0 saturated carbocycles. The fourth-order valence-electron chi connectivity index (χ4n) is 3.15. The van der Waals surface area contributed by atoms with Gasteiger partial charge in [0.1, 0.15) is 0 Å². The van der Waals surface area contributed by atoms with Crippen LogP contribution >= 0.6 is 0 Å². The lowest BCUT2D eigenvalue weighted by molar-refractivity contribution is 0.0696. The molecular formula is C23H12O4. The first kappa shape index (κ1) is 16.5. The van der Waals surface area contributed by atoms with Crippen LogP contribution in [0, 0.1) is 11.8 Å². The number of ketones is 2. The number of fused-ring (bicyclic) bond motifs is 2. The molecule has 0 radical (unpaired) electrons. The number of rotatable bonds is 1. The monoisotopic (exact) mass is 352 g/mol. The van der Waals surface area contributed by atoms with Crippen LogP contribution in [0.2, 0.25) is 0 Å². The number of carbonyl (C=O) groups excluding carboxylic acids is 2. The zero-order valence-electron chi connectivity index (χ0n) is 14.0. The van der Waals surface area contributed by atoms with Crippen molar-refractivity contribution in [2.24, 2.45) is 0 Å². The summed E-state index contributed by atoms with van der Waals surface area (Å²) < 4.78 is 0. The minimum absolute atomic E-state index is 0.0574. The highest BCUT2D eigenvalue weighted by molar-refractivity contribution is 6.29. The van der Waals surface area contributed by atoms with Gasteiger partial charge in [-0.2, -0.15) is 0 Å². The first-order valence-electron chi connectivity index (χ1n) is 8.23. The maximum absolute atomic E-state index is 13.0. The third kappa shape index (κ3) is 2.72. The zero-order valence-corrected chi connectivity index (χ0v) is 14.0. The van der Waals surface area contributed by atoms with Crippen molar-refractivity contribution in [2.75, 3.05) is 0 Å². The quantitative estimate of drug-likeness (QED) is 0.532. The molecule has 4 heteroatoms. The average Bonchev–Trinajstić information content (AvgIpc) is 2.70. The minimum atomic E-state index is -1.20. The zero-order chi connectivity index (χ0) is 19.0. The Morgan fingerprint density at radius 3 is 2.00 bits per heavy atom. The second-order valence-corrected chi connectivity index (χ2v) is 6.04. The summed E-state index contributed by atoms with van der Waals surface area (Å²) in [5.74, 6) is 3.81. The molecule has 1 aliphatic carbocycles. The van der Waals surface area contributed by atoms with Gasteiger partial charge in [-0.15, -0.1) is 0 Å². The van der Waals surface area contributed by atoms with Crippen LogP contribution in [0.4, 0.5) is 0 Å². The summed E-state index contributed by atoms with van der Waals surface area (Å²) in [6, 6.07) is 18.3. The van der Waals surface area contributed by atoms with E-state index in [9.17, 15) is 19.5 Å². The van der Waals surface area contributed by atoms with Gasteiger partial charge in [-0.1, -0.05) is 54.3 Å². The van der Waals surface area contributed by atoms with E-state index in [1.165, 1.54) is 12.1 Å². The normalized spacial score (nSPS) is 11.9. The minimum Gasteiger partial charge on any atom is -0.478 e. The van der Waals surface area contributed by atoms with Gasteiger partial charge >= 0.3 is 5.97 Å². The predicted octanol–water partition coefficient (Wildman–Crippen LogP) is 3.56. The Hall–Kier alpha value is -3.97. The van der Waals surface area contributed by atoms with Crippen LogP contribution in [0.15, 0.2) is 66.7 Å². The molecule has 0 saturated heterocycles. The molecule has 0 heterocycles. The smallest absolute Gasteiger partial charge is 0.336 e. The van der Waals surface area contributed by atoms with Crippen LogP contribution in [0.5, 0.6) is 0 Å². The van der Waals surface area contributed by atoms with E-state index in [0.29, 0.717) is 11.1 Å². The molecule has 0 atom stereocenters. The van der Waals surface area contributed by atoms with Gasteiger partial charge in [0.05, 0.1) is 16.7 Å². The number of carboxylic acids is 1. The molecule has 4 nitrogen and oxygen atoms in total. The van der Waals surface area contributed by atoms with E-state index in [2.05, 4.69) is 11.8 Å². The highest BCUT2D eigenvalue weighted by atomic mass is 16.4. The third-order valence-corrected chi connectivity index (χ3v) is 4.43. The Morgan fingerprint density at radius 1 is 0.704 bits per heavy atom. The summed E-state index contributed by atoms with van der Waals surface area (Å²) >= 11 is 0. The number of hydrogen-bond acceptors (Lipinski definition) is 3. The van der Waals surface area contributed by atoms with Gasteiger partial charge in [-0.25, -0.2) is 4.79 Å². The van der Waals surface area contributed by atoms with Crippen molar-refractivity contribution < 1.29 is 19.5 Å². The third-order valence-electron chi connectivity index (χ3n) is 4.43. The Kier molecular flexibility index (Phi) is 3.91. The topological polar surface area (TPSA) is 71.4 Å². The van der Waals surface area contributed by atoms with Crippen molar-refractivity contribution in [3.05, 3.63) is 106 Å². The summed E-state index contributed by atoms with van der Waals surface area (Å²) in [5, 5.41) is 9.55. The average molecular weight is 352 g/mol. The lowest BCUT2D eigenvalue weighted by Gasteiger charge is -2.19. The Balaban J connectivity index is 1.99.